The van der Waals surface area contributed by atoms with Crippen LogP contribution in [-0.4, -0.2) is 38.4 Å². The fourth-order valence-electron chi connectivity index (χ4n) is 3.64. The molecule has 31 heavy (non-hydrogen) atoms. The van der Waals surface area contributed by atoms with Crippen LogP contribution in [0.5, 0.6) is 11.5 Å². The van der Waals surface area contributed by atoms with Gasteiger partial charge in [-0.1, -0.05) is 37.3 Å². The number of amides is 3. The maximum atomic E-state index is 12.6. The van der Waals surface area contributed by atoms with Gasteiger partial charge in [0.1, 0.15) is 0 Å². The van der Waals surface area contributed by atoms with E-state index in [9.17, 15) is 9.59 Å². The molecule has 0 aliphatic carbocycles. The Balaban J connectivity index is 1.51. The molecule has 1 heterocycles. The summed E-state index contributed by atoms with van der Waals surface area (Å²) in [6.45, 7) is 5.77. The molecular formula is C24H31N3O4. The highest BCUT2D eigenvalue weighted by molar-refractivity contribution is 5.92. The van der Waals surface area contributed by atoms with Crippen LogP contribution in [0.2, 0.25) is 0 Å². The average Bonchev–Trinajstić information content (AvgIpc) is 3.25. The minimum absolute atomic E-state index is 0.0463. The lowest BCUT2D eigenvalue weighted by Crippen LogP contribution is -2.40. The van der Waals surface area contributed by atoms with Crippen molar-refractivity contribution >= 4 is 17.6 Å². The molecule has 0 fully saturated rings. The van der Waals surface area contributed by atoms with Crippen LogP contribution < -0.4 is 25.0 Å². The van der Waals surface area contributed by atoms with Gasteiger partial charge in [0.2, 0.25) is 12.7 Å². The summed E-state index contributed by atoms with van der Waals surface area (Å²) < 4.78 is 10.8. The molecule has 1 aliphatic rings. The SMILES string of the molecule is CCNC(=O)N(CCCCNC(=O)C(CC)c1ccccc1)c1ccc2c(c1)OCO2. The van der Waals surface area contributed by atoms with Crippen LogP contribution in [-0.2, 0) is 4.79 Å². The van der Waals surface area contributed by atoms with Gasteiger partial charge in [0.25, 0.3) is 0 Å². The van der Waals surface area contributed by atoms with E-state index < -0.39 is 0 Å². The maximum Gasteiger partial charge on any atom is 0.321 e. The quantitative estimate of drug-likeness (QED) is 0.563. The second-order valence-electron chi connectivity index (χ2n) is 7.39. The molecule has 0 saturated heterocycles. The Hall–Kier alpha value is -3.22. The zero-order valence-corrected chi connectivity index (χ0v) is 18.2. The third kappa shape index (κ3) is 5.90. The Morgan fingerprint density at radius 2 is 1.77 bits per heavy atom. The van der Waals surface area contributed by atoms with E-state index in [0.29, 0.717) is 31.1 Å². The fraction of sp³-hybridized carbons (Fsp3) is 0.417. The van der Waals surface area contributed by atoms with Gasteiger partial charge < -0.3 is 20.1 Å². The van der Waals surface area contributed by atoms with Gasteiger partial charge in [-0.2, -0.15) is 0 Å². The predicted molar refractivity (Wildman–Crippen MR) is 121 cm³/mol. The van der Waals surface area contributed by atoms with E-state index >= 15 is 0 Å². The van der Waals surface area contributed by atoms with Gasteiger partial charge in [-0.15, -0.1) is 0 Å². The second-order valence-corrected chi connectivity index (χ2v) is 7.39. The number of carbonyl (C=O) groups is 2. The number of nitrogens with one attached hydrogen (secondary N) is 2. The molecule has 1 atom stereocenters. The Labute approximate surface area is 183 Å². The Morgan fingerprint density at radius 3 is 2.52 bits per heavy atom. The zero-order valence-electron chi connectivity index (χ0n) is 18.2. The van der Waals surface area contributed by atoms with E-state index in [-0.39, 0.29) is 24.6 Å². The third-order valence-corrected chi connectivity index (χ3v) is 5.28. The Bertz CT molecular complexity index is 872. The largest absolute Gasteiger partial charge is 0.454 e. The standard InChI is InChI=1S/C24H31N3O4/c1-3-20(18-10-6-5-7-11-18)23(28)26-14-8-9-15-27(24(29)25-4-2)19-12-13-21-22(16-19)31-17-30-21/h5-7,10-13,16,20H,3-4,8-9,14-15,17H2,1-2H3,(H,25,29)(H,26,28). The number of benzene rings is 2. The number of hydrogen-bond donors (Lipinski definition) is 2. The number of ether oxygens (including phenoxy) is 2. The molecule has 7 heteroatoms. The van der Waals surface area contributed by atoms with Gasteiger partial charge in [0, 0.05) is 31.4 Å². The number of urea groups is 1. The van der Waals surface area contributed by atoms with E-state index in [1.807, 2.05) is 62.4 Å². The first-order valence-electron chi connectivity index (χ1n) is 10.9. The van der Waals surface area contributed by atoms with Crippen molar-refractivity contribution in [3.63, 3.8) is 0 Å². The monoisotopic (exact) mass is 425 g/mol. The lowest BCUT2D eigenvalue weighted by molar-refractivity contribution is -0.122. The lowest BCUT2D eigenvalue weighted by atomic mass is 9.95. The first-order chi connectivity index (χ1) is 15.1. The molecule has 0 aromatic heterocycles. The van der Waals surface area contributed by atoms with E-state index in [1.165, 1.54) is 0 Å². The van der Waals surface area contributed by atoms with E-state index in [1.54, 1.807) is 4.90 Å². The number of unbranched alkanes of at least 4 members (excludes halogenated alkanes) is 1. The minimum atomic E-state index is -0.152. The minimum Gasteiger partial charge on any atom is -0.454 e. The van der Waals surface area contributed by atoms with Crippen LogP contribution >= 0.6 is 0 Å². The van der Waals surface area contributed by atoms with Crippen molar-refractivity contribution in [1.82, 2.24) is 10.6 Å². The first kappa shape index (κ1) is 22.5. The molecule has 2 N–H and O–H groups in total. The molecule has 0 spiro atoms. The third-order valence-electron chi connectivity index (χ3n) is 5.28. The molecule has 0 radical (unpaired) electrons. The number of anilines is 1. The summed E-state index contributed by atoms with van der Waals surface area (Å²) >= 11 is 0. The molecule has 2 aromatic carbocycles. The van der Waals surface area contributed by atoms with Gasteiger partial charge in [-0.3, -0.25) is 9.69 Å². The van der Waals surface area contributed by atoms with Crippen molar-refractivity contribution in [1.29, 1.82) is 0 Å². The van der Waals surface area contributed by atoms with Crippen molar-refractivity contribution in [2.75, 3.05) is 31.3 Å². The summed E-state index contributed by atoms with van der Waals surface area (Å²) in [4.78, 5) is 26.9. The molecule has 3 rings (SSSR count). The highest BCUT2D eigenvalue weighted by atomic mass is 16.7. The molecule has 1 unspecified atom stereocenters. The van der Waals surface area contributed by atoms with Crippen molar-refractivity contribution in [3.05, 3.63) is 54.1 Å². The normalized spacial score (nSPS) is 12.8. The van der Waals surface area contributed by atoms with Crippen LogP contribution in [0.1, 0.15) is 44.6 Å². The highest BCUT2D eigenvalue weighted by Gasteiger charge is 2.20. The predicted octanol–water partition coefficient (Wildman–Crippen LogP) is 4.04. The second kappa shape index (κ2) is 11.2. The summed E-state index contributed by atoms with van der Waals surface area (Å²) in [5.74, 6) is 1.24. The molecule has 7 nitrogen and oxygen atoms in total. The average molecular weight is 426 g/mol. The summed E-state index contributed by atoms with van der Waals surface area (Å²) in [5, 5.41) is 5.90. The Morgan fingerprint density at radius 1 is 1.00 bits per heavy atom. The summed E-state index contributed by atoms with van der Waals surface area (Å²) in [6, 6.07) is 15.2. The Kier molecular flexibility index (Phi) is 8.15. The lowest BCUT2D eigenvalue weighted by Gasteiger charge is -2.23. The number of rotatable bonds is 10. The molecule has 3 amide bonds. The fourth-order valence-corrected chi connectivity index (χ4v) is 3.64. The maximum absolute atomic E-state index is 12.6. The van der Waals surface area contributed by atoms with Gasteiger partial charge in [-0.05, 0) is 43.9 Å². The zero-order chi connectivity index (χ0) is 22.1. The molecule has 0 bridgehead atoms. The number of nitrogens with zero attached hydrogens (tertiary/aromatic N) is 1. The highest BCUT2D eigenvalue weighted by Crippen LogP contribution is 2.35. The summed E-state index contributed by atoms with van der Waals surface area (Å²) in [6.07, 6.45) is 2.29. The number of carbonyl (C=O) groups excluding carboxylic acids is 2. The van der Waals surface area contributed by atoms with Gasteiger partial charge >= 0.3 is 6.03 Å². The van der Waals surface area contributed by atoms with Crippen LogP contribution in [0, 0.1) is 0 Å². The van der Waals surface area contributed by atoms with Crippen LogP contribution in [0.4, 0.5) is 10.5 Å². The number of hydrogen-bond acceptors (Lipinski definition) is 4. The molecule has 0 saturated carbocycles. The van der Waals surface area contributed by atoms with Crippen LogP contribution in [0.15, 0.2) is 48.5 Å². The van der Waals surface area contributed by atoms with Crippen molar-refractivity contribution in [3.8, 4) is 11.5 Å². The molecular weight excluding hydrogens is 394 g/mol. The van der Waals surface area contributed by atoms with E-state index in [4.69, 9.17) is 9.47 Å². The first-order valence-corrected chi connectivity index (χ1v) is 10.9. The van der Waals surface area contributed by atoms with E-state index in [0.717, 1.165) is 30.5 Å². The van der Waals surface area contributed by atoms with Crippen LogP contribution in [0.25, 0.3) is 0 Å². The van der Waals surface area contributed by atoms with Crippen molar-refractivity contribution in [2.24, 2.45) is 0 Å². The molecule has 2 aromatic rings. The molecule has 1 aliphatic heterocycles. The van der Waals surface area contributed by atoms with Gasteiger partial charge in [0.05, 0.1) is 5.92 Å². The van der Waals surface area contributed by atoms with Crippen molar-refractivity contribution in [2.45, 2.75) is 39.0 Å². The van der Waals surface area contributed by atoms with E-state index in [2.05, 4.69) is 10.6 Å². The van der Waals surface area contributed by atoms with Crippen LogP contribution in [0.3, 0.4) is 0 Å². The summed E-state index contributed by atoms with van der Waals surface area (Å²) in [7, 11) is 0. The van der Waals surface area contributed by atoms with Gasteiger partial charge in [-0.25, -0.2) is 4.79 Å². The van der Waals surface area contributed by atoms with Gasteiger partial charge in [0.15, 0.2) is 11.5 Å². The topological polar surface area (TPSA) is 79.9 Å². The smallest absolute Gasteiger partial charge is 0.321 e. The number of fused-ring (bicyclic) bond motifs is 1. The van der Waals surface area contributed by atoms with Crippen molar-refractivity contribution < 1.29 is 19.1 Å². The summed E-state index contributed by atoms with van der Waals surface area (Å²) in [5.41, 5.74) is 1.79. The molecule has 166 valence electrons.